The lowest BCUT2D eigenvalue weighted by Gasteiger charge is -2.35. The van der Waals surface area contributed by atoms with E-state index in [0.717, 1.165) is 30.5 Å². The van der Waals surface area contributed by atoms with Crippen molar-refractivity contribution in [2.45, 2.75) is 64.0 Å². The molecule has 22 heavy (non-hydrogen) atoms. The van der Waals surface area contributed by atoms with Gasteiger partial charge >= 0.3 is 0 Å². The fourth-order valence-electron chi connectivity index (χ4n) is 3.62. The Morgan fingerprint density at radius 1 is 1.23 bits per heavy atom. The number of nitrogens with one attached hydrogen (secondary N) is 2. The minimum absolute atomic E-state index is 0.0225. The molecule has 3 rings (SSSR count). The summed E-state index contributed by atoms with van der Waals surface area (Å²) >= 11 is 0. The van der Waals surface area contributed by atoms with Gasteiger partial charge in [-0.05, 0) is 38.7 Å². The van der Waals surface area contributed by atoms with Crippen LogP contribution < -0.4 is 10.6 Å². The van der Waals surface area contributed by atoms with Crippen LogP contribution in [0.5, 0.6) is 0 Å². The number of rotatable bonds is 2. The van der Waals surface area contributed by atoms with E-state index in [1.165, 1.54) is 24.8 Å². The lowest BCUT2D eigenvalue weighted by atomic mass is 9.86. The highest BCUT2D eigenvalue weighted by molar-refractivity contribution is 5.95. The van der Waals surface area contributed by atoms with Gasteiger partial charge in [-0.3, -0.25) is 4.79 Å². The number of hydrogen-bond acceptors (Lipinski definition) is 2. The Hall–Kier alpha value is -1.77. The summed E-state index contributed by atoms with van der Waals surface area (Å²) in [6.45, 7) is 4.35. The highest BCUT2D eigenvalue weighted by Crippen LogP contribution is 2.29. The quantitative estimate of drug-likeness (QED) is 0.822. The van der Waals surface area contributed by atoms with Gasteiger partial charge in [-0.15, -0.1) is 0 Å². The van der Waals surface area contributed by atoms with Crippen LogP contribution in [0.3, 0.4) is 0 Å². The molecule has 3 nitrogen and oxygen atoms in total. The summed E-state index contributed by atoms with van der Waals surface area (Å²) in [6, 6.07) is 8.71. The third-order valence-electron chi connectivity index (χ3n) is 4.64. The van der Waals surface area contributed by atoms with Gasteiger partial charge in [-0.25, -0.2) is 0 Å². The van der Waals surface area contributed by atoms with Gasteiger partial charge in [0.2, 0.25) is 5.91 Å². The average molecular weight is 298 g/mol. The van der Waals surface area contributed by atoms with Crippen LogP contribution in [0.25, 0.3) is 5.70 Å². The molecule has 0 radical (unpaired) electrons. The molecule has 2 N–H and O–H groups in total. The third-order valence-corrected chi connectivity index (χ3v) is 4.64. The number of amides is 1. The zero-order chi connectivity index (χ0) is 15.6. The van der Waals surface area contributed by atoms with E-state index < -0.39 is 0 Å². The van der Waals surface area contributed by atoms with Crippen molar-refractivity contribution in [1.82, 2.24) is 10.6 Å². The molecule has 1 saturated carbocycles. The molecule has 2 aliphatic rings. The molecule has 1 amide bonds. The van der Waals surface area contributed by atoms with E-state index in [1.54, 1.807) is 6.08 Å². The Labute approximate surface area is 133 Å². The summed E-state index contributed by atoms with van der Waals surface area (Å²) in [4.78, 5) is 12.4. The number of fused-ring (bicyclic) bond motifs is 1. The summed E-state index contributed by atoms with van der Waals surface area (Å²) in [5.41, 5.74) is 3.38. The first kappa shape index (κ1) is 15.1. The molecular weight excluding hydrogens is 272 g/mol. The second-order valence-electron chi connectivity index (χ2n) is 7.24. The fraction of sp³-hybridized carbons (Fsp3) is 0.526. The fourth-order valence-corrected chi connectivity index (χ4v) is 3.62. The summed E-state index contributed by atoms with van der Waals surface area (Å²) < 4.78 is 0. The van der Waals surface area contributed by atoms with E-state index in [0.29, 0.717) is 6.04 Å². The molecule has 3 heteroatoms. The molecule has 1 aliphatic heterocycles. The molecule has 1 fully saturated rings. The maximum Gasteiger partial charge on any atom is 0.246 e. The smallest absolute Gasteiger partial charge is 0.246 e. The molecule has 1 aromatic rings. The highest BCUT2D eigenvalue weighted by atomic mass is 16.1. The summed E-state index contributed by atoms with van der Waals surface area (Å²) in [5, 5.41) is 6.69. The van der Waals surface area contributed by atoms with Crippen molar-refractivity contribution in [3.8, 4) is 0 Å². The largest absolute Gasteiger partial charge is 0.379 e. The van der Waals surface area contributed by atoms with E-state index in [-0.39, 0.29) is 11.4 Å². The van der Waals surface area contributed by atoms with Crippen molar-refractivity contribution < 1.29 is 4.79 Å². The Kier molecular flexibility index (Phi) is 4.23. The maximum absolute atomic E-state index is 12.4. The van der Waals surface area contributed by atoms with E-state index in [2.05, 4.69) is 42.7 Å². The lowest BCUT2D eigenvalue weighted by molar-refractivity contribution is -0.117. The van der Waals surface area contributed by atoms with E-state index in [1.807, 2.05) is 6.07 Å². The van der Waals surface area contributed by atoms with Crippen molar-refractivity contribution in [2.24, 2.45) is 0 Å². The van der Waals surface area contributed by atoms with Crippen molar-refractivity contribution in [3.05, 3.63) is 41.5 Å². The van der Waals surface area contributed by atoms with Crippen LogP contribution in [-0.4, -0.2) is 17.5 Å². The summed E-state index contributed by atoms with van der Waals surface area (Å²) in [6.07, 6.45) is 8.72. The number of carbonyl (C=O) groups excluding carboxylic acids is 1. The number of carbonyl (C=O) groups is 1. The molecule has 1 aliphatic carbocycles. The number of hydrogen-bond donors (Lipinski definition) is 2. The molecule has 118 valence electrons. The van der Waals surface area contributed by atoms with Crippen molar-refractivity contribution in [1.29, 1.82) is 0 Å². The molecule has 0 saturated heterocycles. The SMILES string of the molecule is CC1(C)Cc2ccccc2C(=CC(=O)NC2CCCCC2)N1. The Morgan fingerprint density at radius 2 is 1.95 bits per heavy atom. The predicted octanol–water partition coefficient (Wildman–Crippen LogP) is 3.40. The minimum Gasteiger partial charge on any atom is -0.379 e. The van der Waals surface area contributed by atoms with E-state index in [4.69, 9.17) is 0 Å². The van der Waals surface area contributed by atoms with Crippen LogP contribution in [-0.2, 0) is 11.2 Å². The van der Waals surface area contributed by atoms with Crippen LogP contribution in [0.2, 0.25) is 0 Å². The van der Waals surface area contributed by atoms with E-state index in [9.17, 15) is 4.79 Å². The topological polar surface area (TPSA) is 41.1 Å². The molecule has 0 unspecified atom stereocenters. The number of benzene rings is 1. The van der Waals surface area contributed by atoms with Gasteiger partial charge in [0, 0.05) is 28.9 Å². The molecule has 1 aromatic carbocycles. The molecule has 1 heterocycles. The first-order valence-electron chi connectivity index (χ1n) is 8.42. The molecule has 0 aromatic heterocycles. The lowest BCUT2D eigenvalue weighted by Crippen LogP contribution is -2.44. The minimum atomic E-state index is -0.0225. The first-order valence-corrected chi connectivity index (χ1v) is 8.42. The second kappa shape index (κ2) is 6.15. The Balaban J connectivity index is 1.78. The summed E-state index contributed by atoms with van der Waals surface area (Å²) in [5.74, 6) is 0.0295. The monoisotopic (exact) mass is 298 g/mol. The van der Waals surface area contributed by atoms with Crippen LogP contribution in [0.15, 0.2) is 30.3 Å². The van der Waals surface area contributed by atoms with Crippen molar-refractivity contribution >= 4 is 11.6 Å². The second-order valence-corrected chi connectivity index (χ2v) is 7.24. The van der Waals surface area contributed by atoms with Gasteiger partial charge in [-0.1, -0.05) is 43.5 Å². The predicted molar refractivity (Wildman–Crippen MR) is 90.4 cm³/mol. The zero-order valence-electron chi connectivity index (χ0n) is 13.6. The van der Waals surface area contributed by atoms with Gasteiger partial charge < -0.3 is 10.6 Å². The van der Waals surface area contributed by atoms with Gasteiger partial charge in [0.1, 0.15) is 0 Å². The van der Waals surface area contributed by atoms with Crippen LogP contribution in [0.4, 0.5) is 0 Å². The Bertz CT molecular complexity index is 583. The first-order chi connectivity index (χ1) is 10.5. The molecule has 0 atom stereocenters. The van der Waals surface area contributed by atoms with Crippen LogP contribution in [0.1, 0.15) is 57.1 Å². The van der Waals surface area contributed by atoms with Gasteiger partial charge in [-0.2, -0.15) is 0 Å². The van der Waals surface area contributed by atoms with Crippen LogP contribution >= 0.6 is 0 Å². The van der Waals surface area contributed by atoms with Gasteiger partial charge in [0.05, 0.1) is 0 Å². The van der Waals surface area contributed by atoms with Gasteiger partial charge in [0.25, 0.3) is 0 Å². The zero-order valence-corrected chi connectivity index (χ0v) is 13.6. The third kappa shape index (κ3) is 3.52. The Morgan fingerprint density at radius 3 is 2.73 bits per heavy atom. The highest BCUT2D eigenvalue weighted by Gasteiger charge is 2.27. The van der Waals surface area contributed by atoms with Crippen LogP contribution in [0, 0.1) is 0 Å². The molecule has 0 bridgehead atoms. The summed E-state index contributed by atoms with van der Waals surface area (Å²) in [7, 11) is 0. The van der Waals surface area contributed by atoms with E-state index >= 15 is 0 Å². The average Bonchev–Trinajstić information content (AvgIpc) is 2.47. The maximum atomic E-state index is 12.4. The van der Waals surface area contributed by atoms with Crippen molar-refractivity contribution in [2.75, 3.05) is 0 Å². The molecular formula is C19H26N2O. The van der Waals surface area contributed by atoms with Gasteiger partial charge in [0.15, 0.2) is 0 Å². The normalized spacial score (nSPS) is 22.7. The van der Waals surface area contributed by atoms with Crippen molar-refractivity contribution in [3.63, 3.8) is 0 Å². The molecule has 0 spiro atoms. The standard InChI is InChI=1S/C19H26N2O/c1-19(2)13-14-8-6-7-11-16(14)17(21-19)12-18(22)20-15-9-4-3-5-10-15/h6-8,11-12,15,21H,3-5,9-10,13H2,1-2H3,(H,20,22).